The molecule has 0 fully saturated rings. The van der Waals surface area contributed by atoms with Crippen molar-refractivity contribution in [2.24, 2.45) is 7.05 Å². The molecule has 0 bridgehead atoms. The summed E-state index contributed by atoms with van der Waals surface area (Å²) >= 11 is 0. The molecule has 0 saturated carbocycles. The van der Waals surface area contributed by atoms with E-state index in [9.17, 15) is 9.18 Å². The summed E-state index contributed by atoms with van der Waals surface area (Å²) < 4.78 is 19.7. The lowest BCUT2D eigenvalue weighted by Gasteiger charge is -2.03. The maximum absolute atomic E-state index is 13.0. The van der Waals surface area contributed by atoms with Gasteiger partial charge in [0.1, 0.15) is 11.6 Å². The van der Waals surface area contributed by atoms with E-state index < -0.39 is 0 Å². The average molecular weight is 298 g/mol. The minimum absolute atomic E-state index is 0.253. The molecular formula is C17H15FN2O2. The molecule has 2 aromatic carbocycles. The first kappa shape index (κ1) is 14.3. The van der Waals surface area contributed by atoms with Gasteiger partial charge in [0, 0.05) is 13.5 Å². The minimum atomic E-state index is -0.382. The Kier molecular flexibility index (Phi) is 3.63. The van der Waals surface area contributed by atoms with E-state index in [4.69, 9.17) is 4.74 Å². The standard InChI is InChI=1S/C17H15FN2O2/c1-20-15-8-5-12(17(21)22-2)10-14(15)19-16(20)9-11-3-6-13(18)7-4-11/h3-8,10H,9H2,1-2H3. The second-order valence-corrected chi connectivity index (χ2v) is 5.09. The van der Waals surface area contributed by atoms with Crippen molar-refractivity contribution < 1.29 is 13.9 Å². The van der Waals surface area contributed by atoms with Gasteiger partial charge in [-0.15, -0.1) is 0 Å². The van der Waals surface area contributed by atoms with Crippen LogP contribution in [0.1, 0.15) is 21.7 Å². The summed E-state index contributed by atoms with van der Waals surface area (Å²) in [6.07, 6.45) is 0.596. The van der Waals surface area contributed by atoms with E-state index in [1.807, 2.05) is 17.7 Å². The Balaban J connectivity index is 1.98. The van der Waals surface area contributed by atoms with Crippen molar-refractivity contribution in [2.45, 2.75) is 6.42 Å². The van der Waals surface area contributed by atoms with Crippen molar-refractivity contribution >= 4 is 17.0 Å². The number of methoxy groups -OCH3 is 1. The van der Waals surface area contributed by atoms with Gasteiger partial charge in [0.2, 0.25) is 0 Å². The molecule has 0 spiro atoms. The Labute approximate surface area is 127 Å². The first-order chi connectivity index (χ1) is 10.6. The highest BCUT2D eigenvalue weighted by molar-refractivity contribution is 5.93. The first-order valence-corrected chi connectivity index (χ1v) is 6.86. The Hall–Kier alpha value is -2.69. The summed E-state index contributed by atoms with van der Waals surface area (Å²) in [6, 6.07) is 11.7. The number of ether oxygens (including phenoxy) is 1. The summed E-state index contributed by atoms with van der Waals surface area (Å²) in [7, 11) is 3.27. The van der Waals surface area contributed by atoms with Crippen molar-refractivity contribution in [1.29, 1.82) is 0 Å². The van der Waals surface area contributed by atoms with E-state index in [0.717, 1.165) is 22.4 Å². The third-order valence-electron chi connectivity index (χ3n) is 3.67. The molecule has 5 heteroatoms. The van der Waals surface area contributed by atoms with Crippen LogP contribution in [-0.4, -0.2) is 22.6 Å². The zero-order valence-electron chi connectivity index (χ0n) is 12.3. The second-order valence-electron chi connectivity index (χ2n) is 5.09. The molecule has 3 aromatic rings. The number of esters is 1. The Bertz CT molecular complexity index is 838. The SMILES string of the molecule is COC(=O)c1ccc2c(c1)nc(Cc1ccc(F)cc1)n2C. The number of rotatable bonds is 3. The van der Waals surface area contributed by atoms with Crippen LogP contribution < -0.4 is 0 Å². The molecule has 0 aliphatic carbocycles. The summed E-state index contributed by atoms with van der Waals surface area (Å²) in [5.41, 5.74) is 3.13. The molecule has 0 unspecified atom stereocenters. The fourth-order valence-electron chi connectivity index (χ4n) is 2.44. The maximum Gasteiger partial charge on any atom is 0.337 e. The largest absolute Gasteiger partial charge is 0.465 e. The number of fused-ring (bicyclic) bond motifs is 1. The fraction of sp³-hybridized carbons (Fsp3) is 0.176. The Morgan fingerprint density at radius 1 is 1.23 bits per heavy atom. The molecule has 0 amide bonds. The number of hydrogen-bond acceptors (Lipinski definition) is 3. The molecule has 22 heavy (non-hydrogen) atoms. The molecule has 0 aliphatic heterocycles. The van der Waals surface area contributed by atoms with Crippen LogP contribution in [0, 0.1) is 5.82 Å². The number of benzene rings is 2. The van der Waals surface area contributed by atoms with Crippen LogP contribution in [0.4, 0.5) is 4.39 Å². The molecule has 112 valence electrons. The second kappa shape index (κ2) is 5.60. The number of aryl methyl sites for hydroxylation is 1. The van der Waals surface area contributed by atoms with Gasteiger partial charge >= 0.3 is 5.97 Å². The summed E-state index contributed by atoms with van der Waals surface area (Å²) in [5, 5.41) is 0. The van der Waals surface area contributed by atoms with E-state index in [1.165, 1.54) is 19.2 Å². The zero-order valence-corrected chi connectivity index (χ0v) is 12.3. The average Bonchev–Trinajstić information content (AvgIpc) is 2.84. The van der Waals surface area contributed by atoms with Crippen LogP contribution in [0.25, 0.3) is 11.0 Å². The summed E-state index contributed by atoms with van der Waals surface area (Å²) in [4.78, 5) is 16.1. The molecular weight excluding hydrogens is 283 g/mol. The highest BCUT2D eigenvalue weighted by atomic mass is 19.1. The molecule has 0 saturated heterocycles. The quantitative estimate of drug-likeness (QED) is 0.698. The topological polar surface area (TPSA) is 44.1 Å². The first-order valence-electron chi connectivity index (χ1n) is 6.86. The fourth-order valence-corrected chi connectivity index (χ4v) is 2.44. The van der Waals surface area contributed by atoms with Gasteiger partial charge in [0.25, 0.3) is 0 Å². The molecule has 3 rings (SSSR count). The lowest BCUT2D eigenvalue weighted by atomic mass is 10.1. The Morgan fingerprint density at radius 3 is 2.64 bits per heavy atom. The van der Waals surface area contributed by atoms with Crippen LogP contribution in [-0.2, 0) is 18.2 Å². The highest BCUT2D eigenvalue weighted by Crippen LogP contribution is 2.19. The van der Waals surface area contributed by atoms with Crippen LogP contribution in [0.5, 0.6) is 0 Å². The van der Waals surface area contributed by atoms with Crippen molar-refractivity contribution in [3.8, 4) is 0 Å². The monoisotopic (exact) mass is 298 g/mol. The van der Waals surface area contributed by atoms with Crippen molar-refractivity contribution in [3.63, 3.8) is 0 Å². The number of imidazole rings is 1. The summed E-state index contributed by atoms with van der Waals surface area (Å²) in [5.74, 6) is 0.215. The van der Waals surface area contributed by atoms with Crippen LogP contribution in [0.15, 0.2) is 42.5 Å². The van der Waals surface area contributed by atoms with Gasteiger partial charge in [-0.3, -0.25) is 0 Å². The maximum atomic E-state index is 13.0. The number of carbonyl (C=O) groups excluding carboxylic acids is 1. The normalized spacial score (nSPS) is 10.9. The molecule has 0 N–H and O–H groups in total. The molecule has 4 nitrogen and oxygen atoms in total. The predicted molar refractivity (Wildman–Crippen MR) is 81.3 cm³/mol. The number of hydrogen-bond donors (Lipinski definition) is 0. The van der Waals surface area contributed by atoms with Crippen molar-refractivity contribution in [1.82, 2.24) is 9.55 Å². The predicted octanol–water partition coefficient (Wildman–Crippen LogP) is 3.09. The van der Waals surface area contributed by atoms with Crippen LogP contribution in [0.2, 0.25) is 0 Å². The van der Waals surface area contributed by atoms with E-state index in [2.05, 4.69) is 4.98 Å². The third-order valence-corrected chi connectivity index (χ3v) is 3.67. The number of nitrogens with zero attached hydrogens (tertiary/aromatic N) is 2. The molecule has 0 atom stereocenters. The lowest BCUT2D eigenvalue weighted by Crippen LogP contribution is -2.00. The van der Waals surface area contributed by atoms with E-state index in [0.29, 0.717) is 12.0 Å². The number of aromatic nitrogens is 2. The van der Waals surface area contributed by atoms with Crippen LogP contribution >= 0.6 is 0 Å². The van der Waals surface area contributed by atoms with Gasteiger partial charge < -0.3 is 9.30 Å². The minimum Gasteiger partial charge on any atom is -0.465 e. The highest BCUT2D eigenvalue weighted by Gasteiger charge is 2.12. The van der Waals surface area contributed by atoms with Gasteiger partial charge in [-0.25, -0.2) is 14.2 Å². The van der Waals surface area contributed by atoms with Gasteiger partial charge in [-0.05, 0) is 35.9 Å². The molecule has 0 aliphatic rings. The number of carbonyl (C=O) groups is 1. The van der Waals surface area contributed by atoms with Gasteiger partial charge in [-0.2, -0.15) is 0 Å². The van der Waals surface area contributed by atoms with E-state index in [-0.39, 0.29) is 11.8 Å². The zero-order chi connectivity index (χ0) is 15.7. The van der Waals surface area contributed by atoms with Crippen LogP contribution in [0.3, 0.4) is 0 Å². The molecule has 1 heterocycles. The van der Waals surface area contributed by atoms with Gasteiger partial charge in [-0.1, -0.05) is 12.1 Å². The van der Waals surface area contributed by atoms with Gasteiger partial charge in [0.05, 0.1) is 23.7 Å². The third kappa shape index (κ3) is 2.57. The van der Waals surface area contributed by atoms with E-state index in [1.54, 1.807) is 24.3 Å². The van der Waals surface area contributed by atoms with Crippen molar-refractivity contribution in [2.75, 3.05) is 7.11 Å². The van der Waals surface area contributed by atoms with Gasteiger partial charge in [0.15, 0.2) is 0 Å². The molecule has 0 radical (unpaired) electrons. The molecule has 1 aromatic heterocycles. The smallest absolute Gasteiger partial charge is 0.337 e. The summed E-state index contributed by atoms with van der Waals surface area (Å²) in [6.45, 7) is 0. The number of halogens is 1. The van der Waals surface area contributed by atoms with E-state index >= 15 is 0 Å². The lowest BCUT2D eigenvalue weighted by molar-refractivity contribution is 0.0601. The Morgan fingerprint density at radius 2 is 1.95 bits per heavy atom. The van der Waals surface area contributed by atoms with Crippen molar-refractivity contribution in [3.05, 3.63) is 65.2 Å².